The molecule has 0 heterocycles. The van der Waals surface area contributed by atoms with Gasteiger partial charge in [-0.1, -0.05) is 30.3 Å². The Labute approximate surface area is 68.9 Å². The maximum absolute atomic E-state index is 13.0. The average Bonchev–Trinajstić information content (AvgIpc) is 2.06. The first-order chi connectivity index (χ1) is 5.67. The standard InChI is InChI=1S/C8H9F2NO/c9-8(10,6-12-11)7-4-2-1-3-5-7/h1-5H,6,11H2. The van der Waals surface area contributed by atoms with Gasteiger partial charge < -0.3 is 0 Å². The van der Waals surface area contributed by atoms with E-state index < -0.39 is 12.5 Å². The summed E-state index contributed by atoms with van der Waals surface area (Å²) in [6.45, 7) is -0.795. The minimum Gasteiger partial charge on any atom is -0.298 e. The Morgan fingerprint density at radius 3 is 2.33 bits per heavy atom. The molecule has 0 aromatic heterocycles. The smallest absolute Gasteiger partial charge is 0.298 e. The molecule has 1 aromatic carbocycles. The number of alkyl halides is 2. The fourth-order valence-electron chi connectivity index (χ4n) is 0.870. The van der Waals surface area contributed by atoms with Gasteiger partial charge in [-0.3, -0.25) is 4.84 Å². The molecule has 0 amide bonds. The summed E-state index contributed by atoms with van der Waals surface area (Å²) in [5.41, 5.74) is -0.0875. The van der Waals surface area contributed by atoms with Crippen molar-refractivity contribution in [3.63, 3.8) is 0 Å². The van der Waals surface area contributed by atoms with Crippen LogP contribution in [0.2, 0.25) is 0 Å². The minimum atomic E-state index is -3.00. The molecule has 12 heavy (non-hydrogen) atoms. The summed E-state index contributed by atoms with van der Waals surface area (Å²) in [5.74, 6) is 1.57. The van der Waals surface area contributed by atoms with Crippen LogP contribution in [0.3, 0.4) is 0 Å². The number of hydrogen-bond donors (Lipinski definition) is 1. The summed E-state index contributed by atoms with van der Waals surface area (Å²) >= 11 is 0. The van der Waals surface area contributed by atoms with Crippen molar-refractivity contribution >= 4 is 0 Å². The lowest BCUT2D eigenvalue weighted by Gasteiger charge is -2.14. The molecule has 2 N–H and O–H groups in total. The van der Waals surface area contributed by atoms with Crippen LogP contribution in [0.25, 0.3) is 0 Å². The fraction of sp³-hybridized carbons (Fsp3) is 0.250. The van der Waals surface area contributed by atoms with Crippen molar-refractivity contribution in [3.05, 3.63) is 35.9 Å². The molecule has 0 bridgehead atoms. The molecule has 0 atom stereocenters. The molecular weight excluding hydrogens is 164 g/mol. The molecule has 1 aromatic rings. The summed E-state index contributed by atoms with van der Waals surface area (Å²) in [4.78, 5) is 3.91. The van der Waals surface area contributed by atoms with Crippen molar-refractivity contribution in [3.8, 4) is 0 Å². The van der Waals surface area contributed by atoms with Gasteiger partial charge in [0.2, 0.25) is 0 Å². The highest BCUT2D eigenvalue weighted by Crippen LogP contribution is 2.27. The quantitative estimate of drug-likeness (QED) is 0.705. The lowest BCUT2D eigenvalue weighted by Crippen LogP contribution is -2.23. The lowest BCUT2D eigenvalue weighted by molar-refractivity contribution is -0.0837. The molecule has 0 radical (unpaired) electrons. The van der Waals surface area contributed by atoms with Crippen molar-refractivity contribution in [1.82, 2.24) is 0 Å². The van der Waals surface area contributed by atoms with E-state index in [-0.39, 0.29) is 5.56 Å². The van der Waals surface area contributed by atoms with Crippen LogP contribution < -0.4 is 5.90 Å². The van der Waals surface area contributed by atoms with Crippen molar-refractivity contribution in [1.29, 1.82) is 0 Å². The van der Waals surface area contributed by atoms with E-state index in [1.807, 2.05) is 0 Å². The van der Waals surface area contributed by atoms with Crippen molar-refractivity contribution in [2.75, 3.05) is 6.61 Å². The van der Waals surface area contributed by atoms with Crippen LogP contribution in [0.4, 0.5) is 8.78 Å². The van der Waals surface area contributed by atoms with Gasteiger partial charge in [-0.05, 0) is 0 Å². The third-order valence-corrected chi connectivity index (χ3v) is 1.46. The summed E-state index contributed by atoms with van der Waals surface area (Å²) in [5, 5.41) is 0. The Kier molecular flexibility index (Phi) is 2.73. The topological polar surface area (TPSA) is 35.2 Å². The van der Waals surface area contributed by atoms with E-state index in [4.69, 9.17) is 0 Å². The van der Waals surface area contributed by atoms with Gasteiger partial charge in [-0.2, -0.15) is 8.78 Å². The van der Waals surface area contributed by atoms with Gasteiger partial charge in [0.25, 0.3) is 5.92 Å². The minimum absolute atomic E-state index is 0.0875. The largest absolute Gasteiger partial charge is 0.298 e. The first-order valence-electron chi connectivity index (χ1n) is 3.42. The second-order valence-corrected chi connectivity index (χ2v) is 2.38. The first kappa shape index (κ1) is 9.09. The predicted octanol–water partition coefficient (Wildman–Crippen LogP) is 1.67. The maximum atomic E-state index is 13.0. The Morgan fingerprint density at radius 1 is 1.25 bits per heavy atom. The van der Waals surface area contributed by atoms with E-state index in [2.05, 4.69) is 10.7 Å². The van der Waals surface area contributed by atoms with E-state index >= 15 is 0 Å². The summed E-state index contributed by atoms with van der Waals surface area (Å²) in [6.07, 6.45) is 0. The van der Waals surface area contributed by atoms with Crippen LogP contribution in [0.1, 0.15) is 5.56 Å². The third-order valence-electron chi connectivity index (χ3n) is 1.46. The van der Waals surface area contributed by atoms with E-state index in [1.54, 1.807) is 18.2 Å². The molecule has 0 spiro atoms. The molecule has 1 rings (SSSR count). The monoisotopic (exact) mass is 173 g/mol. The van der Waals surface area contributed by atoms with Crippen LogP contribution in [0.5, 0.6) is 0 Å². The lowest BCUT2D eigenvalue weighted by atomic mass is 10.1. The highest BCUT2D eigenvalue weighted by molar-refractivity contribution is 5.19. The zero-order valence-electron chi connectivity index (χ0n) is 6.34. The van der Waals surface area contributed by atoms with Gasteiger partial charge >= 0.3 is 0 Å². The van der Waals surface area contributed by atoms with E-state index in [1.165, 1.54) is 12.1 Å². The van der Waals surface area contributed by atoms with Gasteiger partial charge in [-0.25, -0.2) is 5.90 Å². The molecule has 0 saturated heterocycles. The second-order valence-electron chi connectivity index (χ2n) is 2.38. The average molecular weight is 173 g/mol. The molecule has 0 saturated carbocycles. The summed E-state index contributed by atoms with van der Waals surface area (Å²) in [7, 11) is 0. The Balaban J connectivity index is 2.82. The molecule has 4 heteroatoms. The van der Waals surface area contributed by atoms with E-state index in [0.29, 0.717) is 0 Å². The Morgan fingerprint density at radius 2 is 1.83 bits per heavy atom. The predicted molar refractivity (Wildman–Crippen MR) is 40.5 cm³/mol. The number of hydrogen-bond acceptors (Lipinski definition) is 2. The van der Waals surface area contributed by atoms with E-state index in [9.17, 15) is 8.78 Å². The molecule has 0 unspecified atom stereocenters. The summed E-state index contributed by atoms with van der Waals surface area (Å²) < 4.78 is 25.9. The van der Waals surface area contributed by atoms with Gasteiger partial charge in [-0.15, -0.1) is 0 Å². The molecule has 0 fully saturated rings. The Bertz CT molecular complexity index is 238. The SMILES string of the molecule is NOCC(F)(F)c1ccccc1. The van der Waals surface area contributed by atoms with Crippen LogP contribution in [-0.4, -0.2) is 6.61 Å². The second kappa shape index (κ2) is 3.60. The number of halogens is 2. The molecular formula is C8H9F2NO. The van der Waals surface area contributed by atoms with Gasteiger partial charge in [0.15, 0.2) is 0 Å². The zero-order valence-corrected chi connectivity index (χ0v) is 6.34. The molecule has 0 aliphatic rings. The van der Waals surface area contributed by atoms with Gasteiger partial charge in [0.05, 0.1) is 0 Å². The third kappa shape index (κ3) is 1.99. The number of nitrogens with two attached hydrogens (primary N) is 1. The van der Waals surface area contributed by atoms with Crippen molar-refractivity contribution in [2.45, 2.75) is 5.92 Å². The molecule has 0 aliphatic carbocycles. The van der Waals surface area contributed by atoms with E-state index in [0.717, 1.165) is 0 Å². The number of rotatable bonds is 3. The van der Waals surface area contributed by atoms with Crippen LogP contribution >= 0.6 is 0 Å². The molecule has 2 nitrogen and oxygen atoms in total. The maximum Gasteiger partial charge on any atom is 0.298 e. The summed E-state index contributed by atoms with van der Waals surface area (Å²) in [6, 6.07) is 7.42. The fourth-order valence-corrected chi connectivity index (χ4v) is 0.870. The zero-order chi connectivity index (χ0) is 9.03. The molecule has 66 valence electrons. The number of benzene rings is 1. The van der Waals surface area contributed by atoms with Crippen molar-refractivity contribution < 1.29 is 13.6 Å². The van der Waals surface area contributed by atoms with Gasteiger partial charge in [0, 0.05) is 5.56 Å². The Hall–Kier alpha value is -1.00. The van der Waals surface area contributed by atoms with Crippen LogP contribution in [0.15, 0.2) is 30.3 Å². The highest BCUT2D eigenvalue weighted by Gasteiger charge is 2.31. The van der Waals surface area contributed by atoms with Crippen LogP contribution in [0, 0.1) is 0 Å². The molecule has 0 aliphatic heterocycles. The highest BCUT2D eigenvalue weighted by atomic mass is 19.3. The van der Waals surface area contributed by atoms with Crippen molar-refractivity contribution in [2.24, 2.45) is 5.90 Å². The van der Waals surface area contributed by atoms with Gasteiger partial charge in [0.1, 0.15) is 6.61 Å². The van der Waals surface area contributed by atoms with Crippen LogP contribution in [-0.2, 0) is 10.8 Å². The first-order valence-corrected chi connectivity index (χ1v) is 3.42. The normalized spacial score (nSPS) is 11.6.